The zero-order valence-corrected chi connectivity index (χ0v) is 12.5. The van der Waals surface area contributed by atoms with Gasteiger partial charge in [0.1, 0.15) is 22.9 Å². The van der Waals surface area contributed by atoms with E-state index in [2.05, 4.69) is 0 Å². The van der Waals surface area contributed by atoms with Crippen molar-refractivity contribution in [3.05, 3.63) is 22.3 Å². The van der Waals surface area contributed by atoms with Gasteiger partial charge in [-0.25, -0.2) is 0 Å². The molecule has 19 heavy (non-hydrogen) atoms. The molecule has 3 heteroatoms. The van der Waals surface area contributed by atoms with Crippen molar-refractivity contribution in [1.29, 1.82) is 0 Å². The minimum atomic E-state index is -0.550. The zero-order chi connectivity index (χ0) is 14.5. The summed E-state index contributed by atoms with van der Waals surface area (Å²) in [7, 11) is 0. The third-order valence-corrected chi connectivity index (χ3v) is 4.28. The van der Waals surface area contributed by atoms with Crippen LogP contribution in [0.1, 0.15) is 55.4 Å². The summed E-state index contributed by atoms with van der Waals surface area (Å²) in [5, 5.41) is 10.2. The van der Waals surface area contributed by atoms with Crippen LogP contribution in [-0.4, -0.2) is 16.5 Å². The predicted molar refractivity (Wildman–Crippen MR) is 75.1 cm³/mol. The maximum atomic E-state index is 12.3. The van der Waals surface area contributed by atoms with Crippen LogP contribution in [0.5, 0.6) is 11.5 Å². The molecule has 0 saturated carbocycles. The zero-order valence-electron chi connectivity index (χ0n) is 12.5. The Morgan fingerprint density at radius 2 is 1.79 bits per heavy atom. The molecule has 0 aliphatic carbocycles. The van der Waals surface area contributed by atoms with Gasteiger partial charge < -0.3 is 9.84 Å². The predicted octanol–water partition coefficient (Wildman–Crippen LogP) is 3.55. The number of Topliss-reactive ketones (excluding diaryl/α,β-unsaturated/α-hetero) is 1. The van der Waals surface area contributed by atoms with Gasteiger partial charge in [0.2, 0.25) is 0 Å². The third-order valence-electron chi connectivity index (χ3n) is 4.28. The minimum Gasteiger partial charge on any atom is -0.507 e. The number of carbonyl (C=O) groups excluding carboxylic acids is 1. The Morgan fingerprint density at radius 3 is 2.32 bits per heavy atom. The molecule has 2 rings (SSSR count). The fourth-order valence-corrected chi connectivity index (χ4v) is 3.03. The van der Waals surface area contributed by atoms with Crippen molar-refractivity contribution in [2.45, 2.75) is 59.5 Å². The molecule has 0 aromatic heterocycles. The highest BCUT2D eigenvalue weighted by molar-refractivity contribution is 5.90. The third kappa shape index (κ3) is 1.83. The maximum Gasteiger partial charge on any atom is 0.144 e. The van der Waals surface area contributed by atoms with Gasteiger partial charge in [0.15, 0.2) is 0 Å². The number of ketones is 1. The van der Waals surface area contributed by atoms with Crippen molar-refractivity contribution in [2.75, 3.05) is 0 Å². The van der Waals surface area contributed by atoms with E-state index in [4.69, 9.17) is 4.74 Å². The topological polar surface area (TPSA) is 46.5 Å². The fourth-order valence-electron chi connectivity index (χ4n) is 3.03. The fraction of sp³-hybridized carbons (Fsp3) is 0.562. The molecule has 0 unspecified atom stereocenters. The van der Waals surface area contributed by atoms with E-state index in [0.29, 0.717) is 6.42 Å². The molecule has 0 fully saturated rings. The molecule has 1 aromatic rings. The van der Waals surface area contributed by atoms with Gasteiger partial charge >= 0.3 is 0 Å². The van der Waals surface area contributed by atoms with Gasteiger partial charge in [-0.3, -0.25) is 4.79 Å². The molecule has 3 nitrogen and oxygen atoms in total. The number of hydrogen-bond donors (Lipinski definition) is 1. The summed E-state index contributed by atoms with van der Waals surface area (Å²) < 4.78 is 6.05. The number of ether oxygens (including phenoxy) is 1. The first-order valence-corrected chi connectivity index (χ1v) is 6.76. The van der Waals surface area contributed by atoms with E-state index in [9.17, 15) is 9.90 Å². The van der Waals surface area contributed by atoms with E-state index < -0.39 is 5.60 Å². The Kier molecular flexibility index (Phi) is 3.12. The number of benzene rings is 1. The van der Waals surface area contributed by atoms with Gasteiger partial charge in [0.05, 0.1) is 5.92 Å². The van der Waals surface area contributed by atoms with Gasteiger partial charge in [-0.1, -0.05) is 6.92 Å². The second-order valence-corrected chi connectivity index (χ2v) is 5.92. The number of aromatic hydroxyl groups is 1. The van der Waals surface area contributed by atoms with Crippen LogP contribution in [0.4, 0.5) is 0 Å². The molecule has 0 bridgehead atoms. The lowest BCUT2D eigenvalue weighted by molar-refractivity contribution is -0.123. The second-order valence-electron chi connectivity index (χ2n) is 5.92. The SMILES string of the molecule is CCC(=O)[C@H]1c2c(C)c(O)c(C)c(C)c2OC1(C)C. The smallest absolute Gasteiger partial charge is 0.144 e. The van der Waals surface area contributed by atoms with Crippen LogP contribution in [0.15, 0.2) is 0 Å². The average Bonchev–Trinajstić information content (AvgIpc) is 2.64. The first kappa shape index (κ1) is 13.9. The Labute approximate surface area is 114 Å². The maximum absolute atomic E-state index is 12.3. The van der Waals surface area contributed by atoms with Gasteiger partial charge in [-0.05, 0) is 51.3 Å². The molecule has 1 aromatic carbocycles. The standard InChI is InChI=1S/C16H22O3/c1-7-11(17)13-12-10(4)14(18)8(2)9(3)15(12)19-16(13,5)6/h13,18H,7H2,1-6H3/t13-/m0/s1. The van der Waals surface area contributed by atoms with Crippen molar-refractivity contribution in [3.63, 3.8) is 0 Å². The average molecular weight is 262 g/mol. The minimum absolute atomic E-state index is 0.162. The molecule has 0 spiro atoms. The summed E-state index contributed by atoms with van der Waals surface area (Å²) >= 11 is 0. The molecule has 1 aliphatic rings. The second kappa shape index (κ2) is 4.26. The van der Waals surface area contributed by atoms with Crippen molar-refractivity contribution >= 4 is 5.78 Å². The van der Waals surface area contributed by atoms with E-state index in [-0.39, 0.29) is 17.5 Å². The molecule has 0 radical (unpaired) electrons. The van der Waals surface area contributed by atoms with Crippen LogP contribution in [-0.2, 0) is 4.79 Å². The Hall–Kier alpha value is -1.51. The number of rotatable bonds is 2. The van der Waals surface area contributed by atoms with Crippen LogP contribution in [0, 0.1) is 20.8 Å². The molecule has 0 saturated heterocycles. The van der Waals surface area contributed by atoms with E-state index >= 15 is 0 Å². The number of phenolic OH excluding ortho intramolecular Hbond substituents is 1. The highest BCUT2D eigenvalue weighted by atomic mass is 16.5. The van der Waals surface area contributed by atoms with Crippen LogP contribution in [0.2, 0.25) is 0 Å². The lowest BCUT2D eigenvalue weighted by Gasteiger charge is -2.25. The number of hydrogen-bond acceptors (Lipinski definition) is 3. The van der Waals surface area contributed by atoms with Gasteiger partial charge in [0.25, 0.3) is 0 Å². The monoisotopic (exact) mass is 262 g/mol. The van der Waals surface area contributed by atoms with Crippen molar-refractivity contribution in [3.8, 4) is 11.5 Å². The molecule has 104 valence electrons. The van der Waals surface area contributed by atoms with Gasteiger partial charge in [0, 0.05) is 12.0 Å². The highest BCUT2D eigenvalue weighted by Crippen LogP contribution is 2.51. The number of phenols is 1. The molecule has 1 aliphatic heterocycles. The van der Waals surface area contributed by atoms with Crippen LogP contribution >= 0.6 is 0 Å². The summed E-state index contributed by atoms with van der Waals surface area (Å²) in [6, 6.07) is 0. The van der Waals surface area contributed by atoms with Crippen molar-refractivity contribution in [2.24, 2.45) is 0 Å². The molecule has 0 amide bonds. The summed E-state index contributed by atoms with van der Waals surface area (Å²) in [4.78, 5) is 12.3. The quantitative estimate of drug-likeness (QED) is 0.886. The molecule has 1 N–H and O–H groups in total. The first-order valence-electron chi connectivity index (χ1n) is 6.76. The number of fused-ring (bicyclic) bond motifs is 1. The molecule has 1 heterocycles. The Morgan fingerprint density at radius 1 is 1.21 bits per heavy atom. The molecular weight excluding hydrogens is 240 g/mol. The van der Waals surface area contributed by atoms with E-state index in [1.807, 2.05) is 41.5 Å². The summed E-state index contributed by atoms with van der Waals surface area (Å²) in [5.74, 6) is 0.934. The van der Waals surface area contributed by atoms with Crippen molar-refractivity contribution < 1.29 is 14.6 Å². The molecule has 1 atom stereocenters. The number of carbonyl (C=O) groups is 1. The highest BCUT2D eigenvalue weighted by Gasteiger charge is 2.47. The van der Waals surface area contributed by atoms with E-state index in [1.165, 1.54) is 0 Å². The largest absolute Gasteiger partial charge is 0.507 e. The van der Waals surface area contributed by atoms with Crippen molar-refractivity contribution in [1.82, 2.24) is 0 Å². The normalized spacial score (nSPS) is 20.0. The van der Waals surface area contributed by atoms with E-state index in [1.54, 1.807) is 0 Å². The lowest BCUT2D eigenvalue weighted by atomic mass is 9.79. The summed E-state index contributed by atoms with van der Waals surface area (Å²) in [6.45, 7) is 11.4. The summed E-state index contributed by atoms with van der Waals surface area (Å²) in [6.07, 6.45) is 0.476. The summed E-state index contributed by atoms with van der Waals surface area (Å²) in [5.41, 5.74) is 2.85. The van der Waals surface area contributed by atoms with Gasteiger partial charge in [-0.15, -0.1) is 0 Å². The lowest BCUT2D eigenvalue weighted by Crippen LogP contribution is -2.35. The van der Waals surface area contributed by atoms with Crippen LogP contribution in [0.3, 0.4) is 0 Å². The molecular formula is C16H22O3. The van der Waals surface area contributed by atoms with Crippen LogP contribution in [0.25, 0.3) is 0 Å². The first-order chi connectivity index (χ1) is 8.72. The van der Waals surface area contributed by atoms with Gasteiger partial charge in [-0.2, -0.15) is 0 Å². The van der Waals surface area contributed by atoms with E-state index in [0.717, 1.165) is 28.0 Å². The van der Waals surface area contributed by atoms with Crippen LogP contribution < -0.4 is 4.74 Å². The Balaban J connectivity index is 2.76. The Bertz CT molecular complexity index is 556.